The number of hydrogen-bond acceptors (Lipinski definition) is 4. The predicted octanol–water partition coefficient (Wildman–Crippen LogP) is 5.83. The lowest BCUT2D eigenvalue weighted by Crippen LogP contribution is -2.35. The molecule has 38 heavy (non-hydrogen) atoms. The lowest BCUT2D eigenvalue weighted by Gasteiger charge is -2.34. The van der Waals surface area contributed by atoms with Gasteiger partial charge in [-0.15, -0.1) is 0 Å². The molecule has 3 aliphatic rings. The van der Waals surface area contributed by atoms with E-state index in [-0.39, 0.29) is 23.4 Å². The quantitative estimate of drug-likeness (QED) is 0.427. The standard InChI is InChI=1S/C29H32F3N5O/c30-29(31,32)26-4-2-1-3-24(26)20-11-14-36(18-20)28(38)25-17-34-37(27(25)19-5-6-19)23-12-15-35(16-13-23)22-9-7-21(33)8-10-22/h1-4,7-10,17,19-20,23H,5-6,11-16,18,33H2. The number of rotatable bonds is 5. The fourth-order valence-electron chi connectivity index (χ4n) is 6.13. The normalized spacial score (nSPS) is 20.8. The van der Waals surface area contributed by atoms with Crippen LogP contribution in [0.3, 0.4) is 0 Å². The number of halogens is 3. The molecule has 0 radical (unpaired) electrons. The Morgan fingerprint density at radius 2 is 1.61 bits per heavy atom. The summed E-state index contributed by atoms with van der Waals surface area (Å²) < 4.78 is 42.8. The number of anilines is 2. The van der Waals surface area contributed by atoms with Gasteiger partial charge in [-0.2, -0.15) is 18.3 Å². The van der Waals surface area contributed by atoms with E-state index in [1.165, 1.54) is 6.07 Å². The highest BCUT2D eigenvalue weighted by molar-refractivity contribution is 5.95. The van der Waals surface area contributed by atoms with Crippen LogP contribution in [0.4, 0.5) is 24.5 Å². The van der Waals surface area contributed by atoms with E-state index in [9.17, 15) is 18.0 Å². The second-order valence-electron chi connectivity index (χ2n) is 10.8. The minimum Gasteiger partial charge on any atom is -0.399 e. The van der Waals surface area contributed by atoms with Crippen molar-refractivity contribution in [3.63, 3.8) is 0 Å². The summed E-state index contributed by atoms with van der Waals surface area (Å²) in [5.41, 5.74) is 9.06. The summed E-state index contributed by atoms with van der Waals surface area (Å²) >= 11 is 0. The third-order valence-electron chi connectivity index (χ3n) is 8.28. The van der Waals surface area contributed by atoms with E-state index >= 15 is 0 Å². The van der Waals surface area contributed by atoms with Gasteiger partial charge in [0.25, 0.3) is 5.91 Å². The van der Waals surface area contributed by atoms with Crippen molar-refractivity contribution >= 4 is 17.3 Å². The van der Waals surface area contributed by atoms with Crippen molar-refractivity contribution in [3.05, 3.63) is 77.1 Å². The van der Waals surface area contributed by atoms with E-state index in [2.05, 4.69) is 9.58 Å². The predicted molar refractivity (Wildman–Crippen MR) is 140 cm³/mol. The van der Waals surface area contributed by atoms with Gasteiger partial charge in [0.1, 0.15) is 0 Å². The average molecular weight is 524 g/mol. The zero-order valence-corrected chi connectivity index (χ0v) is 21.2. The van der Waals surface area contributed by atoms with Crippen molar-refractivity contribution in [3.8, 4) is 0 Å². The van der Waals surface area contributed by atoms with E-state index in [1.807, 2.05) is 24.3 Å². The van der Waals surface area contributed by atoms with Gasteiger partial charge in [-0.25, -0.2) is 0 Å². The van der Waals surface area contributed by atoms with Crippen molar-refractivity contribution < 1.29 is 18.0 Å². The molecule has 200 valence electrons. The number of amides is 1. The Morgan fingerprint density at radius 1 is 0.895 bits per heavy atom. The zero-order chi connectivity index (χ0) is 26.4. The molecule has 0 bridgehead atoms. The monoisotopic (exact) mass is 523 g/mol. The molecule has 1 unspecified atom stereocenters. The highest BCUT2D eigenvalue weighted by Gasteiger charge is 2.40. The van der Waals surface area contributed by atoms with Crippen molar-refractivity contribution in [2.75, 3.05) is 36.8 Å². The van der Waals surface area contributed by atoms with Crippen LogP contribution in [-0.4, -0.2) is 46.8 Å². The molecule has 1 saturated carbocycles. The maximum Gasteiger partial charge on any atom is 0.416 e. The first kappa shape index (κ1) is 24.8. The third-order valence-corrected chi connectivity index (χ3v) is 8.28. The van der Waals surface area contributed by atoms with Crippen molar-refractivity contribution in [2.24, 2.45) is 0 Å². The molecule has 2 aromatic carbocycles. The summed E-state index contributed by atoms with van der Waals surface area (Å²) in [5, 5.41) is 4.71. The molecule has 2 saturated heterocycles. The molecule has 2 aliphatic heterocycles. The number of carbonyl (C=O) groups is 1. The van der Waals surface area contributed by atoms with Crippen LogP contribution >= 0.6 is 0 Å². The Labute approximate surface area is 220 Å². The third kappa shape index (κ3) is 4.74. The van der Waals surface area contributed by atoms with Gasteiger partial charge >= 0.3 is 6.18 Å². The number of nitrogens with zero attached hydrogens (tertiary/aromatic N) is 4. The van der Waals surface area contributed by atoms with Crippen LogP contribution in [0.1, 0.15) is 77.2 Å². The fraction of sp³-hybridized carbons (Fsp3) is 0.448. The summed E-state index contributed by atoms with van der Waals surface area (Å²) in [6.07, 6.45) is 1.75. The fourth-order valence-corrected chi connectivity index (χ4v) is 6.13. The molecule has 1 aliphatic carbocycles. The van der Waals surface area contributed by atoms with Gasteiger partial charge in [-0.05, 0) is 68.0 Å². The van der Waals surface area contributed by atoms with Crippen LogP contribution in [0.5, 0.6) is 0 Å². The van der Waals surface area contributed by atoms with Crippen LogP contribution in [0.2, 0.25) is 0 Å². The molecule has 3 heterocycles. The van der Waals surface area contributed by atoms with Crippen LogP contribution in [-0.2, 0) is 6.18 Å². The van der Waals surface area contributed by atoms with Crippen LogP contribution in [0.25, 0.3) is 0 Å². The maximum atomic E-state index is 13.7. The molecule has 2 N–H and O–H groups in total. The molecule has 3 aromatic rings. The SMILES string of the molecule is Nc1ccc(N2CCC(n3ncc(C(=O)N4CCC(c5ccccc5C(F)(F)F)C4)c3C3CC3)CC2)cc1. The van der Waals surface area contributed by atoms with E-state index in [0.29, 0.717) is 31.0 Å². The molecule has 6 nitrogen and oxygen atoms in total. The van der Waals surface area contributed by atoms with E-state index in [0.717, 1.165) is 61.9 Å². The second kappa shape index (κ2) is 9.67. The number of carbonyl (C=O) groups excluding carboxylic acids is 1. The van der Waals surface area contributed by atoms with Crippen LogP contribution in [0, 0.1) is 0 Å². The zero-order valence-electron chi connectivity index (χ0n) is 21.2. The Balaban J connectivity index is 1.17. The number of hydrogen-bond donors (Lipinski definition) is 1. The van der Waals surface area contributed by atoms with Gasteiger partial charge in [0.2, 0.25) is 0 Å². The molecular weight excluding hydrogens is 491 g/mol. The highest BCUT2D eigenvalue weighted by atomic mass is 19.4. The number of piperidine rings is 1. The Morgan fingerprint density at radius 3 is 2.29 bits per heavy atom. The first-order valence-electron chi connectivity index (χ1n) is 13.4. The van der Waals surface area contributed by atoms with Gasteiger partial charge in [-0.1, -0.05) is 18.2 Å². The first-order valence-corrected chi connectivity index (χ1v) is 13.4. The molecule has 0 spiro atoms. The molecule has 1 aromatic heterocycles. The molecule has 6 rings (SSSR count). The summed E-state index contributed by atoms with van der Waals surface area (Å²) in [7, 11) is 0. The number of likely N-dealkylation sites (tertiary alicyclic amines) is 1. The Bertz CT molecular complexity index is 1310. The van der Waals surface area contributed by atoms with Crippen LogP contribution in [0.15, 0.2) is 54.7 Å². The summed E-state index contributed by atoms with van der Waals surface area (Å²) in [4.78, 5) is 17.7. The lowest BCUT2D eigenvalue weighted by molar-refractivity contribution is -0.138. The lowest BCUT2D eigenvalue weighted by atomic mass is 9.93. The molecule has 3 fully saturated rings. The van der Waals surface area contributed by atoms with E-state index in [4.69, 9.17) is 10.8 Å². The van der Waals surface area contributed by atoms with E-state index in [1.54, 1.807) is 23.2 Å². The second-order valence-corrected chi connectivity index (χ2v) is 10.8. The van der Waals surface area contributed by atoms with Crippen molar-refractivity contribution in [1.82, 2.24) is 14.7 Å². The van der Waals surface area contributed by atoms with Crippen molar-refractivity contribution in [1.29, 1.82) is 0 Å². The number of alkyl halides is 3. The minimum absolute atomic E-state index is 0.107. The smallest absolute Gasteiger partial charge is 0.399 e. The minimum atomic E-state index is -4.41. The number of nitrogen functional groups attached to an aromatic ring is 1. The van der Waals surface area contributed by atoms with Gasteiger partial charge in [0.05, 0.1) is 29.1 Å². The molecular formula is C29H32F3N5O. The van der Waals surface area contributed by atoms with Gasteiger partial charge in [0, 0.05) is 49.4 Å². The summed E-state index contributed by atoms with van der Waals surface area (Å²) in [5.74, 6) is -0.103. The van der Waals surface area contributed by atoms with Crippen molar-refractivity contribution in [2.45, 2.75) is 56.2 Å². The van der Waals surface area contributed by atoms with E-state index < -0.39 is 11.7 Å². The number of nitrogens with two attached hydrogens (primary N) is 1. The van der Waals surface area contributed by atoms with Gasteiger partial charge in [0.15, 0.2) is 0 Å². The molecule has 1 amide bonds. The maximum absolute atomic E-state index is 13.7. The Kier molecular flexibility index (Phi) is 6.32. The first-order chi connectivity index (χ1) is 18.3. The van der Waals surface area contributed by atoms with Gasteiger partial charge < -0.3 is 15.5 Å². The largest absolute Gasteiger partial charge is 0.416 e. The van der Waals surface area contributed by atoms with Gasteiger partial charge in [-0.3, -0.25) is 9.48 Å². The average Bonchev–Trinajstić information content (AvgIpc) is 3.46. The number of aromatic nitrogens is 2. The summed E-state index contributed by atoms with van der Waals surface area (Å²) in [6.45, 7) is 2.54. The molecule has 9 heteroatoms. The molecule has 1 atom stereocenters. The number of benzene rings is 2. The Hall–Kier alpha value is -3.49. The topological polar surface area (TPSA) is 67.4 Å². The summed E-state index contributed by atoms with van der Waals surface area (Å²) in [6, 6.07) is 13.9. The van der Waals surface area contributed by atoms with Crippen LogP contribution < -0.4 is 10.6 Å². The highest BCUT2D eigenvalue weighted by Crippen LogP contribution is 2.44.